The van der Waals surface area contributed by atoms with Gasteiger partial charge in [0.1, 0.15) is 5.75 Å². The minimum absolute atomic E-state index is 0.177. The number of benzene rings is 1. The van der Waals surface area contributed by atoms with Gasteiger partial charge in [0, 0.05) is 44.7 Å². The Labute approximate surface area is 127 Å². The summed E-state index contributed by atoms with van der Waals surface area (Å²) < 4.78 is 5.74. The van der Waals surface area contributed by atoms with Crippen molar-refractivity contribution in [2.24, 2.45) is 0 Å². The number of carbonyl (C=O) groups excluding carboxylic acids is 1. The number of hydrogen-bond donors (Lipinski definition) is 0. The Hall–Kier alpha value is -1.39. The van der Waals surface area contributed by atoms with Gasteiger partial charge in [-0.3, -0.25) is 4.79 Å². The third kappa shape index (κ3) is 5.14. The summed E-state index contributed by atoms with van der Waals surface area (Å²) in [5.41, 5.74) is 0.766. The molecule has 1 aliphatic rings. The zero-order valence-electron chi connectivity index (χ0n) is 13.2. The lowest BCUT2D eigenvalue weighted by molar-refractivity contribution is 0.0988. The van der Waals surface area contributed by atoms with E-state index in [9.17, 15) is 4.79 Å². The fourth-order valence-electron chi connectivity index (χ4n) is 2.49. The molecular weight excluding hydrogens is 264 g/mol. The average molecular weight is 290 g/mol. The summed E-state index contributed by atoms with van der Waals surface area (Å²) >= 11 is 0. The van der Waals surface area contributed by atoms with Crippen molar-refractivity contribution in [3.63, 3.8) is 0 Å². The molecule has 0 amide bonds. The molecule has 1 heterocycles. The summed E-state index contributed by atoms with van der Waals surface area (Å²) in [7, 11) is 2.17. The molecule has 2 rings (SSSR count). The van der Waals surface area contributed by atoms with Crippen molar-refractivity contribution in [1.82, 2.24) is 9.80 Å². The van der Waals surface area contributed by atoms with E-state index in [1.807, 2.05) is 31.2 Å². The van der Waals surface area contributed by atoms with Crippen molar-refractivity contribution in [3.8, 4) is 5.75 Å². The molecule has 0 unspecified atom stereocenters. The fraction of sp³-hybridized carbons (Fsp3) is 0.588. The average Bonchev–Trinajstić information content (AvgIpc) is 2.53. The zero-order chi connectivity index (χ0) is 15.1. The lowest BCUT2D eigenvalue weighted by Crippen LogP contribution is -2.44. The van der Waals surface area contributed by atoms with Crippen LogP contribution in [0.3, 0.4) is 0 Å². The van der Waals surface area contributed by atoms with E-state index >= 15 is 0 Å². The van der Waals surface area contributed by atoms with Crippen molar-refractivity contribution in [2.45, 2.75) is 19.8 Å². The van der Waals surface area contributed by atoms with Gasteiger partial charge in [-0.1, -0.05) is 6.92 Å². The fourth-order valence-corrected chi connectivity index (χ4v) is 2.49. The van der Waals surface area contributed by atoms with Gasteiger partial charge in [0.25, 0.3) is 0 Å². The van der Waals surface area contributed by atoms with Gasteiger partial charge in [0.15, 0.2) is 5.78 Å². The number of hydrogen-bond acceptors (Lipinski definition) is 4. The third-order valence-corrected chi connectivity index (χ3v) is 3.98. The van der Waals surface area contributed by atoms with Crippen LogP contribution >= 0.6 is 0 Å². The second-order valence-corrected chi connectivity index (χ2v) is 5.65. The van der Waals surface area contributed by atoms with E-state index in [0.717, 1.165) is 57.1 Å². The molecule has 1 aliphatic heterocycles. The number of ketones is 1. The first-order valence-corrected chi connectivity index (χ1v) is 7.86. The summed E-state index contributed by atoms with van der Waals surface area (Å²) in [6.07, 6.45) is 1.59. The molecule has 4 heteroatoms. The van der Waals surface area contributed by atoms with Crippen molar-refractivity contribution >= 4 is 5.78 Å². The summed E-state index contributed by atoms with van der Waals surface area (Å²) in [4.78, 5) is 16.4. The quantitative estimate of drug-likeness (QED) is 0.570. The molecule has 21 heavy (non-hydrogen) atoms. The Morgan fingerprint density at radius 2 is 1.81 bits per heavy atom. The predicted octanol–water partition coefficient (Wildman–Crippen LogP) is 2.30. The molecule has 116 valence electrons. The molecule has 1 aromatic carbocycles. The Bertz CT molecular complexity index is 437. The van der Waals surface area contributed by atoms with Crippen molar-refractivity contribution in [3.05, 3.63) is 29.8 Å². The number of likely N-dealkylation sites (N-methyl/N-ethyl adjacent to an activating group) is 1. The maximum Gasteiger partial charge on any atom is 0.162 e. The van der Waals surface area contributed by atoms with E-state index in [0.29, 0.717) is 6.42 Å². The van der Waals surface area contributed by atoms with Gasteiger partial charge >= 0.3 is 0 Å². The molecule has 0 aliphatic carbocycles. The molecular formula is C17H26N2O2. The van der Waals surface area contributed by atoms with Gasteiger partial charge in [-0.05, 0) is 37.7 Å². The van der Waals surface area contributed by atoms with Crippen LogP contribution in [-0.4, -0.2) is 62.0 Å². The van der Waals surface area contributed by atoms with Crippen LogP contribution < -0.4 is 4.74 Å². The Kier molecular flexibility index (Phi) is 6.21. The minimum atomic E-state index is 0.177. The first-order valence-electron chi connectivity index (χ1n) is 7.86. The van der Waals surface area contributed by atoms with E-state index in [1.165, 1.54) is 0 Å². The number of rotatable bonds is 7. The highest BCUT2D eigenvalue weighted by Crippen LogP contribution is 2.13. The van der Waals surface area contributed by atoms with Crippen LogP contribution in [0.5, 0.6) is 5.75 Å². The largest absolute Gasteiger partial charge is 0.494 e. The summed E-state index contributed by atoms with van der Waals surface area (Å²) in [5.74, 6) is 1.03. The second kappa shape index (κ2) is 8.15. The molecule has 1 saturated heterocycles. The van der Waals surface area contributed by atoms with Crippen LogP contribution in [0.1, 0.15) is 30.1 Å². The molecule has 1 aromatic rings. The number of piperazine rings is 1. The molecule has 4 nitrogen and oxygen atoms in total. The number of ether oxygens (including phenoxy) is 1. The first kappa shape index (κ1) is 16.0. The van der Waals surface area contributed by atoms with Crippen LogP contribution in [0, 0.1) is 0 Å². The SMILES string of the molecule is CCC(=O)c1ccc(OCCCN2CCN(C)CC2)cc1. The van der Waals surface area contributed by atoms with Crippen LogP contribution in [0.25, 0.3) is 0 Å². The maximum absolute atomic E-state index is 11.5. The maximum atomic E-state index is 11.5. The molecule has 0 N–H and O–H groups in total. The number of nitrogens with zero attached hydrogens (tertiary/aromatic N) is 2. The lowest BCUT2D eigenvalue weighted by Gasteiger charge is -2.32. The number of carbonyl (C=O) groups is 1. The monoisotopic (exact) mass is 290 g/mol. The molecule has 0 atom stereocenters. The summed E-state index contributed by atoms with van der Waals surface area (Å²) in [5, 5.41) is 0. The summed E-state index contributed by atoms with van der Waals surface area (Å²) in [6.45, 7) is 8.34. The molecule has 0 aromatic heterocycles. The standard InChI is InChI=1S/C17H26N2O2/c1-3-17(20)15-5-7-16(8-6-15)21-14-4-9-19-12-10-18(2)11-13-19/h5-8H,3-4,9-14H2,1-2H3. The van der Waals surface area contributed by atoms with Crippen LogP contribution in [-0.2, 0) is 0 Å². The highest BCUT2D eigenvalue weighted by molar-refractivity contribution is 5.95. The van der Waals surface area contributed by atoms with E-state index in [4.69, 9.17) is 4.74 Å². The van der Waals surface area contributed by atoms with Crippen LogP contribution in [0.4, 0.5) is 0 Å². The second-order valence-electron chi connectivity index (χ2n) is 5.65. The number of Topliss-reactive ketones (excluding diaryl/α,β-unsaturated/α-hetero) is 1. The highest BCUT2D eigenvalue weighted by Gasteiger charge is 2.12. The Balaban J connectivity index is 1.65. The van der Waals surface area contributed by atoms with E-state index < -0.39 is 0 Å². The van der Waals surface area contributed by atoms with Gasteiger partial charge < -0.3 is 14.5 Å². The predicted molar refractivity (Wildman–Crippen MR) is 85.1 cm³/mol. The van der Waals surface area contributed by atoms with Gasteiger partial charge in [-0.25, -0.2) is 0 Å². The Morgan fingerprint density at radius 3 is 2.43 bits per heavy atom. The first-order chi connectivity index (χ1) is 10.2. The molecule has 0 spiro atoms. The Morgan fingerprint density at radius 1 is 1.14 bits per heavy atom. The highest BCUT2D eigenvalue weighted by atomic mass is 16.5. The van der Waals surface area contributed by atoms with Crippen molar-refractivity contribution in [2.75, 3.05) is 46.4 Å². The van der Waals surface area contributed by atoms with Crippen LogP contribution in [0.2, 0.25) is 0 Å². The molecule has 0 radical (unpaired) electrons. The smallest absolute Gasteiger partial charge is 0.162 e. The van der Waals surface area contributed by atoms with Gasteiger partial charge in [0.05, 0.1) is 6.61 Å². The lowest BCUT2D eigenvalue weighted by atomic mass is 10.1. The van der Waals surface area contributed by atoms with E-state index in [-0.39, 0.29) is 5.78 Å². The van der Waals surface area contributed by atoms with Gasteiger partial charge in [0.2, 0.25) is 0 Å². The zero-order valence-corrected chi connectivity index (χ0v) is 13.2. The van der Waals surface area contributed by atoms with Gasteiger partial charge in [-0.15, -0.1) is 0 Å². The van der Waals surface area contributed by atoms with E-state index in [1.54, 1.807) is 0 Å². The molecule has 1 fully saturated rings. The minimum Gasteiger partial charge on any atom is -0.494 e. The molecule has 0 saturated carbocycles. The van der Waals surface area contributed by atoms with Crippen molar-refractivity contribution in [1.29, 1.82) is 0 Å². The normalized spacial score (nSPS) is 16.9. The topological polar surface area (TPSA) is 32.8 Å². The third-order valence-electron chi connectivity index (χ3n) is 3.98. The van der Waals surface area contributed by atoms with Crippen LogP contribution in [0.15, 0.2) is 24.3 Å². The van der Waals surface area contributed by atoms with E-state index in [2.05, 4.69) is 16.8 Å². The van der Waals surface area contributed by atoms with Gasteiger partial charge in [-0.2, -0.15) is 0 Å². The molecule has 0 bridgehead atoms. The van der Waals surface area contributed by atoms with Crippen molar-refractivity contribution < 1.29 is 9.53 Å². The summed E-state index contributed by atoms with van der Waals surface area (Å²) in [6, 6.07) is 7.47.